The van der Waals surface area contributed by atoms with Crippen LogP contribution in [0, 0.1) is 57.2 Å². The van der Waals surface area contributed by atoms with Gasteiger partial charge in [0, 0.05) is 71.8 Å². The molecule has 10 rings (SSSR count). The standard InChI is InChI=1S/C21H26N6O.C21H34N4OSi.C8H10O2/c1-20-12-26(18-16-4-8-23-17(16)24-14-25-18)9-5-15(20)10-27(13-20)19(28)21(11-22)6-2-3-7-21;1-21-9-5-6-17(21)7-10-24(14-21)19-18-8-11-25(20(18)23-15-22-19)16-26-12-13-27(2,3)4;1-2-8(7(9)10)5-3-4-6-8/h4,8,14-15H,2-3,5-7,9-10,12-13H2,1H3,(H,23,24,25);8,11,15,17H,5-7,9-10,12-14,16H2,1-4H3;1H,3-6H2,(H,9,10)/t15-,20+;17-,21+;/m10./s1. The van der Waals surface area contributed by atoms with Crippen molar-refractivity contribution in [3.05, 3.63) is 37.2 Å². The fourth-order valence-corrected chi connectivity index (χ4v) is 12.7. The molecule has 4 aromatic rings. The van der Waals surface area contributed by atoms with Crippen molar-refractivity contribution in [3.63, 3.8) is 0 Å². The first-order valence-electron chi connectivity index (χ1n) is 24.2. The molecule has 0 bridgehead atoms. The van der Waals surface area contributed by atoms with Crippen LogP contribution in [0.15, 0.2) is 37.2 Å². The molecule has 0 spiro atoms. The Balaban J connectivity index is 0.000000147. The van der Waals surface area contributed by atoms with E-state index in [0.717, 1.165) is 130 Å². The van der Waals surface area contributed by atoms with Crippen LogP contribution in [0.2, 0.25) is 25.7 Å². The van der Waals surface area contributed by atoms with E-state index in [2.05, 4.69) is 97.0 Å². The van der Waals surface area contributed by atoms with E-state index in [9.17, 15) is 14.9 Å². The van der Waals surface area contributed by atoms with Gasteiger partial charge in [-0.15, -0.1) is 6.42 Å². The largest absolute Gasteiger partial charge is 0.480 e. The fourth-order valence-electron chi connectivity index (χ4n) is 12.0. The van der Waals surface area contributed by atoms with Gasteiger partial charge in [-0.05, 0) is 86.8 Å². The Morgan fingerprint density at radius 1 is 0.846 bits per heavy atom. The Kier molecular flexibility index (Phi) is 13.4. The fraction of sp³-hybridized carbons (Fsp3) is 0.660. The summed E-state index contributed by atoms with van der Waals surface area (Å²) in [5.41, 5.74) is 0.742. The zero-order valence-electron chi connectivity index (χ0n) is 39.4. The highest BCUT2D eigenvalue weighted by molar-refractivity contribution is 6.76. The number of nitrogens with zero attached hydrogens (tertiary/aromatic N) is 9. The number of rotatable bonds is 9. The van der Waals surface area contributed by atoms with Crippen LogP contribution in [-0.2, 0) is 21.1 Å². The molecule has 6 aliphatic rings. The van der Waals surface area contributed by atoms with Gasteiger partial charge in [-0.3, -0.25) is 9.59 Å². The van der Waals surface area contributed by atoms with Gasteiger partial charge in [0.05, 0.1) is 16.8 Å². The number of likely N-dealkylation sites (tertiary alicyclic amines) is 1. The number of nitrogens with one attached hydrogen (secondary N) is 1. The summed E-state index contributed by atoms with van der Waals surface area (Å²) in [6.07, 6.45) is 25.6. The lowest BCUT2D eigenvalue weighted by atomic mass is 9.75. The first kappa shape index (κ1) is 46.5. The number of carbonyl (C=O) groups excluding carboxylic acids is 1. The van der Waals surface area contributed by atoms with E-state index in [1.165, 1.54) is 31.7 Å². The Labute approximate surface area is 385 Å². The second kappa shape index (κ2) is 18.7. The molecular weight excluding hydrogens is 833 g/mol. The van der Waals surface area contributed by atoms with Gasteiger partial charge in [0.1, 0.15) is 53.1 Å². The van der Waals surface area contributed by atoms with Crippen LogP contribution in [-0.4, -0.2) is 105 Å². The second-order valence-electron chi connectivity index (χ2n) is 21.8. The SMILES string of the molecule is C#CC1(C(=O)O)CCCC1.C[C@]12CCC[C@H]1CCN(c1ncnc3c1ccn3COCC[Si](C)(C)C)C2.C[C@]12CN(C(=O)C3(C#N)CCCC3)C[C@H]1CCN(c1ncnc3[nH]ccc13)C2. The lowest BCUT2D eigenvalue weighted by Crippen LogP contribution is -2.48. The van der Waals surface area contributed by atoms with Crippen LogP contribution < -0.4 is 9.80 Å². The van der Waals surface area contributed by atoms with Crippen LogP contribution in [0.3, 0.4) is 0 Å². The summed E-state index contributed by atoms with van der Waals surface area (Å²) in [5, 5.41) is 20.6. The number of anilines is 2. The Morgan fingerprint density at radius 3 is 2.14 bits per heavy atom. The predicted octanol–water partition coefficient (Wildman–Crippen LogP) is 8.74. The monoisotopic (exact) mass is 903 g/mol. The molecule has 1 amide bonds. The lowest BCUT2D eigenvalue weighted by Gasteiger charge is -2.43. The highest BCUT2D eigenvalue weighted by Gasteiger charge is 2.53. The summed E-state index contributed by atoms with van der Waals surface area (Å²) >= 11 is 0. The average molecular weight is 903 g/mol. The Hall–Kier alpha value is -4.99. The zero-order valence-corrected chi connectivity index (χ0v) is 40.4. The van der Waals surface area contributed by atoms with Gasteiger partial charge in [-0.1, -0.05) is 71.5 Å². The molecule has 3 aliphatic carbocycles. The van der Waals surface area contributed by atoms with Crippen molar-refractivity contribution in [1.29, 1.82) is 5.26 Å². The maximum atomic E-state index is 13.2. The van der Waals surface area contributed by atoms with Gasteiger partial charge >= 0.3 is 5.97 Å². The van der Waals surface area contributed by atoms with Crippen LogP contribution in [0.5, 0.6) is 0 Å². The van der Waals surface area contributed by atoms with Crippen molar-refractivity contribution in [2.75, 3.05) is 55.7 Å². The predicted molar refractivity (Wildman–Crippen MR) is 257 cm³/mol. The summed E-state index contributed by atoms with van der Waals surface area (Å²) in [7, 11) is -1.05. The van der Waals surface area contributed by atoms with E-state index in [1.807, 2.05) is 17.2 Å². The summed E-state index contributed by atoms with van der Waals surface area (Å²) in [5.74, 6) is 5.08. The van der Waals surface area contributed by atoms with Gasteiger partial charge in [0.25, 0.3) is 0 Å². The van der Waals surface area contributed by atoms with Crippen LogP contribution in [0.1, 0.15) is 97.3 Å². The number of piperidine rings is 2. The molecule has 0 aromatic carbocycles. The van der Waals surface area contributed by atoms with Crippen molar-refractivity contribution < 1.29 is 19.4 Å². The molecule has 0 unspecified atom stereocenters. The molecule has 6 fully saturated rings. The van der Waals surface area contributed by atoms with E-state index < -0.39 is 24.9 Å². The summed E-state index contributed by atoms with van der Waals surface area (Å²) in [6.45, 7) is 18.9. The highest BCUT2D eigenvalue weighted by Crippen LogP contribution is 2.49. The van der Waals surface area contributed by atoms with Crippen LogP contribution in [0.25, 0.3) is 22.1 Å². The van der Waals surface area contributed by atoms with Gasteiger partial charge < -0.3 is 34.1 Å². The third-order valence-corrected chi connectivity index (χ3v) is 17.8. The van der Waals surface area contributed by atoms with Gasteiger partial charge in [-0.2, -0.15) is 5.26 Å². The van der Waals surface area contributed by atoms with Gasteiger partial charge in [-0.25, -0.2) is 19.9 Å². The first-order chi connectivity index (χ1) is 31.1. The van der Waals surface area contributed by atoms with Crippen LogP contribution in [0.4, 0.5) is 11.6 Å². The molecule has 15 heteroatoms. The number of aromatic nitrogens is 6. The third kappa shape index (κ3) is 9.51. The maximum Gasteiger partial charge on any atom is 0.321 e. The van der Waals surface area contributed by atoms with E-state index in [4.69, 9.17) is 16.3 Å². The lowest BCUT2D eigenvalue weighted by molar-refractivity contribution is -0.145. The zero-order chi connectivity index (χ0) is 46.0. The smallest absolute Gasteiger partial charge is 0.321 e. The number of hydrogen-bond acceptors (Lipinski definition) is 10. The third-order valence-electron chi connectivity index (χ3n) is 16.1. The van der Waals surface area contributed by atoms with E-state index in [1.54, 1.807) is 12.7 Å². The molecule has 3 aliphatic heterocycles. The molecular formula is C50H70N10O4Si. The number of H-pyrrole nitrogens is 1. The number of ether oxygens (including phenoxy) is 1. The first-order valence-corrected chi connectivity index (χ1v) is 27.9. The maximum absolute atomic E-state index is 13.2. The normalized spacial score (nSPS) is 26.7. The van der Waals surface area contributed by atoms with Gasteiger partial charge in [0.2, 0.25) is 5.91 Å². The summed E-state index contributed by atoms with van der Waals surface area (Å²) < 4.78 is 8.06. The number of aromatic amines is 1. The quantitative estimate of drug-likeness (QED) is 0.0936. The van der Waals surface area contributed by atoms with Crippen molar-refractivity contribution in [2.45, 2.75) is 130 Å². The van der Waals surface area contributed by atoms with Crippen molar-refractivity contribution in [3.8, 4) is 18.4 Å². The molecule has 2 N–H and O–H groups in total. The average Bonchev–Trinajstić information content (AvgIpc) is 4.15. The number of hydrogen-bond donors (Lipinski definition) is 2. The molecule has 348 valence electrons. The second-order valence-corrected chi connectivity index (χ2v) is 27.5. The van der Waals surface area contributed by atoms with Crippen molar-refractivity contribution in [2.24, 2.45) is 33.5 Å². The number of fused-ring (bicyclic) bond motifs is 4. The number of terminal acetylenes is 1. The van der Waals surface area contributed by atoms with E-state index in [0.29, 0.717) is 30.9 Å². The number of aliphatic carboxylic acids is 1. The molecule has 4 aromatic heterocycles. The molecule has 7 heterocycles. The topological polar surface area (TPSA) is 169 Å². The number of carbonyl (C=O) groups is 2. The van der Waals surface area contributed by atoms with Crippen molar-refractivity contribution >= 4 is 53.7 Å². The molecule has 65 heavy (non-hydrogen) atoms. The molecule has 4 atom stereocenters. The minimum Gasteiger partial charge on any atom is -0.480 e. The number of amides is 1. The van der Waals surface area contributed by atoms with Crippen molar-refractivity contribution in [1.82, 2.24) is 34.4 Å². The highest BCUT2D eigenvalue weighted by atomic mass is 28.3. The molecule has 3 saturated carbocycles. The van der Waals surface area contributed by atoms with Gasteiger partial charge in [0.15, 0.2) is 0 Å². The number of carboxylic acid groups (broad SMARTS) is 1. The Morgan fingerprint density at radius 2 is 1.49 bits per heavy atom. The number of carboxylic acids is 1. The Bertz CT molecular complexity index is 2420. The molecule has 0 radical (unpaired) electrons. The summed E-state index contributed by atoms with van der Waals surface area (Å²) in [6, 6.07) is 7.76. The molecule has 14 nitrogen and oxygen atoms in total. The minimum atomic E-state index is -1.05. The summed E-state index contributed by atoms with van der Waals surface area (Å²) in [4.78, 5) is 52.0. The number of nitriles is 1. The minimum absolute atomic E-state index is 0.0245. The van der Waals surface area contributed by atoms with Crippen LogP contribution >= 0.6 is 0 Å². The van der Waals surface area contributed by atoms with E-state index in [-0.39, 0.29) is 11.3 Å². The molecule has 3 saturated heterocycles. The van der Waals surface area contributed by atoms with E-state index >= 15 is 0 Å².